The molecule has 0 saturated carbocycles. The first-order chi connectivity index (χ1) is 7.86. The highest BCUT2D eigenvalue weighted by molar-refractivity contribution is 4.73. The van der Waals surface area contributed by atoms with Crippen LogP contribution >= 0.6 is 0 Å². The number of hydrogen-bond donors (Lipinski definition) is 1. The van der Waals surface area contributed by atoms with E-state index in [9.17, 15) is 0 Å². The number of unbranched alkanes of at least 4 members (excludes halogenated alkanes) is 1. The standard InChI is InChI=1S/C13H28N3/c1-3-16(4-2)12-6-5-9-15-13-7-10-14-11-8-13/h13,15H,3-12H2,1-2H3. The van der Waals surface area contributed by atoms with E-state index in [0.29, 0.717) is 0 Å². The summed E-state index contributed by atoms with van der Waals surface area (Å²) in [5.74, 6) is 0. The molecule has 0 aromatic heterocycles. The number of nitrogens with one attached hydrogen (secondary N) is 1. The summed E-state index contributed by atoms with van der Waals surface area (Å²) < 4.78 is 0. The molecule has 95 valence electrons. The third-order valence-corrected chi connectivity index (χ3v) is 3.50. The van der Waals surface area contributed by atoms with Crippen LogP contribution in [-0.4, -0.2) is 50.2 Å². The maximum absolute atomic E-state index is 4.37. The van der Waals surface area contributed by atoms with E-state index >= 15 is 0 Å². The van der Waals surface area contributed by atoms with Crippen molar-refractivity contribution >= 4 is 0 Å². The van der Waals surface area contributed by atoms with Crippen molar-refractivity contribution in [1.29, 1.82) is 0 Å². The summed E-state index contributed by atoms with van der Waals surface area (Å²) in [5, 5.41) is 8.02. The van der Waals surface area contributed by atoms with Crippen molar-refractivity contribution in [3.8, 4) is 0 Å². The van der Waals surface area contributed by atoms with Crippen LogP contribution in [-0.2, 0) is 0 Å². The van der Waals surface area contributed by atoms with Gasteiger partial charge in [-0.3, -0.25) is 0 Å². The van der Waals surface area contributed by atoms with Gasteiger partial charge in [-0.2, -0.15) is 0 Å². The molecule has 1 fully saturated rings. The summed E-state index contributed by atoms with van der Waals surface area (Å²) in [5.41, 5.74) is 0. The summed E-state index contributed by atoms with van der Waals surface area (Å²) in [6, 6.07) is 0.742. The molecule has 1 radical (unpaired) electrons. The first kappa shape index (κ1) is 13.9. The van der Waals surface area contributed by atoms with Crippen LogP contribution in [0.3, 0.4) is 0 Å². The molecule has 0 aromatic carbocycles. The molecule has 0 spiro atoms. The third kappa shape index (κ3) is 5.83. The molecule has 0 bridgehead atoms. The Morgan fingerprint density at radius 1 is 1.12 bits per heavy atom. The fourth-order valence-corrected chi connectivity index (χ4v) is 2.26. The fraction of sp³-hybridized carbons (Fsp3) is 1.00. The van der Waals surface area contributed by atoms with Gasteiger partial charge in [-0.25, -0.2) is 5.32 Å². The zero-order chi connectivity index (χ0) is 11.6. The average molecular weight is 226 g/mol. The van der Waals surface area contributed by atoms with Crippen LogP contribution in [0.2, 0.25) is 0 Å². The lowest BCUT2D eigenvalue weighted by atomic mass is 10.1. The minimum Gasteiger partial charge on any atom is -0.314 e. The highest BCUT2D eigenvalue weighted by Crippen LogP contribution is 2.03. The van der Waals surface area contributed by atoms with Gasteiger partial charge in [-0.05, 0) is 51.9 Å². The number of piperidine rings is 1. The molecule has 0 aliphatic carbocycles. The molecule has 1 aliphatic heterocycles. The zero-order valence-corrected chi connectivity index (χ0v) is 11.0. The highest BCUT2D eigenvalue weighted by atomic mass is 15.1. The van der Waals surface area contributed by atoms with Gasteiger partial charge in [-0.1, -0.05) is 13.8 Å². The largest absolute Gasteiger partial charge is 0.314 e. The second-order valence-electron chi connectivity index (χ2n) is 4.63. The van der Waals surface area contributed by atoms with E-state index in [1.54, 1.807) is 0 Å². The van der Waals surface area contributed by atoms with E-state index < -0.39 is 0 Å². The van der Waals surface area contributed by atoms with Crippen molar-refractivity contribution in [3.05, 3.63) is 0 Å². The van der Waals surface area contributed by atoms with E-state index in [4.69, 9.17) is 0 Å². The predicted molar refractivity (Wildman–Crippen MR) is 69.9 cm³/mol. The van der Waals surface area contributed by atoms with Crippen molar-refractivity contribution in [1.82, 2.24) is 15.5 Å². The topological polar surface area (TPSA) is 29.4 Å². The molecule has 1 rings (SSSR count). The lowest BCUT2D eigenvalue weighted by molar-refractivity contribution is 0.293. The first-order valence-corrected chi connectivity index (χ1v) is 6.95. The Bertz CT molecular complexity index is 151. The molecule has 1 N–H and O–H groups in total. The molecule has 0 aromatic rings. The third-order valence-electron chi connectivity index (χ3n) is 3.50. The molecule has 1 saturated heterocycles. The molecular weight excluding hydrogens is 198 g/mol. The van der Waals surface area contributed by atoms with Gasteiger partial charge in [0.15, 0.2) is 0 Å². The Balaban J connectivity index is 1.90. The molecule has 3 heteroatoms. The van der Waals surface area contributed by atoms with Crippen LogP contribution in [0.15, 0.2) is 0 Å². The molecule has 0 unspecified atom stereocenters. The maximum atomic E-state index is 4.37. The van der Waals surface area contributed by atoms with Gasteiger partial charge in [0.2, 0.25) is 0 Å². The van der Waals surface area contributed by atoms with Crippen LogP contribution in [0.4, 0.5) is 0 Å². The minimum atomic E-state index is 0.742. The van der Waals surface area contributed by atoms with Crippen LogP contribution in [0, 0.1) is 0 Å². The smallest absolute Gasteiger partial charge is 0.0148 e. The SMILES string of the molecule is CCN(CC)CCCCNC1CC[N]CC1. The van der Waals surface area contributed by atoms with E-state index in [-0.39, 0.29) is 0 Å². The number of hydrogen-bond acceptors (Lipinski definition) is 2. The second-order valence-corrected chi connectivity index (χ2v) is 4.63. The Morgan fingerprint density at radius 3 is 2.44 bits per heavy atom. The lowest BCUT2D eigenvalue weighted by Gasteiger charge is -2.23. The monoisotopic (exact) mass is 226 g/mol. The van der Waals surface area contributed by atoms with Gasteiger partial charge in [0.1, 0.15) is 0 Å². The Hall–Kier alpha value is -0.120. The number of rotatable bonds is 8. The minimum absolute atomic E-state index is 0.742. The molecule has 0 amide bonds. The van der Waals surface area contributed by atoms with Gasteiger partial charge in [0, 0.05) is 19.1 Å². The summed E-state index contributed by atoms with van der Waals surface area (Å²) >= 11 is 0. The van der Waals surface area contributed by atoms with E-state index in [2.05, 4.69) is 29.4 Å². The molecule has 3 nitrogen and oxygen atoms in total. The highest BCUT2D eigenvalue weighted by Gasteiger charge is 2.11. The van der Waals surface area contributed by atoms with Gasteiger partial charge in [-0.15, -0.1) is 0 Å². The Labute approximate surface area is 101 Å². The molecule has 1 aliphatic rings. The summed E-state index contributed by atoms with van der Waals surface area (Å²) in [4.78, 5) is 2.50. The molecule has 16 heavy (non-hydrogen) atoms. The van der Waals surface area contributed by atoms with Crippen molar-refractivity contribution in [3.63, 3.8) is 0 Å². The lowest BCUT2D eigenvalue weighted by Crippen LogP contribution is -2.38. The fourth-order valence-electron chi connectivity index (χ4n) is 2.26. The van der Waals surface area contributed by atoms with Crippen LogP contribution in [0.5, 0.6) is 0 Å². The van der Waals surface area contributed by atoms with Gasteiger partial charge >= 0.3 is 0 Å². The zero-order valence-electron chi connectivity index (χ0n) is 11.0. The van der Waals surface area contributed by atoms with Crippen molar-refractivity contribution < 1.29 is 0 Å². The first-order valence-electron chi connectivity index (χ1n) is 6.95. The summed E-state index contributed by atoms with van der Waals surface area (Å²) in [6.45, 7) is 11.4. The summed E-state index contributed by atoms with van der Waals surface area (Å²) in [7, 11) is 0. The van der Waals surface area contributed by atoms with E-state index in [1.165, 1.54) is 51.9 Å². The van der Waals surface area contributed by atoms with Crippen molar-refractivity contribution in [2.45, 2.75) is 45.6 Å². The van der Waals surface area contributed by atoms with Crippen molar-refractivity contribution in [2.24, 2.45) is 0 Å². The summed E-state index contributed by atoms with van der Waals surface area (Å²) in [6.07, 6.45) is 5.13. The van der Waals surface area contributed by atoms with E-state index in [1.807, 2.05) is 0 Å². The normalized spacial score (nSPS) is 18.2. The van der Waals surface area contributed by atoms with Crippen LogP contribution < -0.4 is 10.6 Å². The Morgan fingerprint density at radius 2 is 1.81 bits per heavy atom. The molecule has 1 heterocycles. The van der Waals surface area contributed by atoms with Gasteiger partial charge in [0.05, 0.1) is 0 Å². The maximum Gasteiger partial charge on any atom is 0.0148 e. The van der Waals surface area contributed by atoms with Crippen LogP contribution in [0.25, 0.3) is 0 Å². The van der Waals surface area contributed by atoms with Gasteiger partial charge < -0.3 is 10.2 Å². The Kier molecular flexibility index (Phi) is 7.81. The predicted octanol–water partition coefficient (Wildman–Crippen LogP) is 1.46. The number of nitrogens with zero attached hydrogens (tertiary/aromatic N) is 2. The average Bonchev–Trinajstić information content (AvgIpc) is 2.35. The van der Waals surface area contributed by atoms with Crippen LogP contribution in [0.1, 0.15) is 39.5 Å². The molecule has 0 atom stereocenters. The van der Waals surface area contributed by atoms with E-state index in [0.717, 1.165) is 19.1 Å². The quantitative estimate of drug-likeness (QED) is 0.635. The molecular formula is C13H28N3. The van der Waals surface area contributed by atoms with Gasteiger partial charge in [0.25, 0.3) is 0 Å². The van der Waals surface area contributed by atoms with Crippen molar-refractivity contribution in [2.75, 3.05) is 39.3 Å². The second kappa shape index (κ2) is 8.97.